The summed E-state index contributed by atoms with van der Waals surface area (Å²) in [4.78, 5) is 18.0. The molecule has 1 aromatic rings. The van der Waals surface area contributed by atoms with Gasteiger partial charge in [0.15, 0.2) is 0 Å². The van der Waals surface area contributed by atoms with Crippen LogP contribution in [-0.2, 0) is 15.7 Å². The van der Waals surface area contributed by atoms with Crippen molar-refractivity contribution in [2.45, 2.75) is 38.3 Å². The molecule has 2 aliphatic rings. The van der Waals surface area contributed by atoms with Gasteiger partial charge in [0.25, 0.3) is 0 Å². The van der Waals surface area contributed by atoms with E-state index in [1.54, 1.807) is 11.0 Å². The highest BCUT2D eigenvalue weighted by molar-refractivity contribution is 5.84. The number of piperidine rings is 1. The summed E-state index contributed by atoms with van der Waals surface area (Å²) in [7, 11) is 0. The van der Waals surface area contributed by atoms with Crippen molar-refractivity contribution in [3.8, 4) is 0 Å². The zero-order valence-electron chi connectivity index (χ0n) is 13.6. The fourth-order valence-electron chi connectivity index (χ4n) is 3.54. The summed E-state index contributed by atoms with van der Waals surface area (Å²) in [6.45, 7) is 3.83. The molecule has 24 heavy (non-hydrogen) atoms. The molecular formula is C17H21F3N2O2. The SMILES string of the molecule is CCC1(C(=O)N2CCC(c3cccnc3C(F)(F)F)CC2)COC1. The van der Waals surface area contributed by atoms with E-state index < -0.39 is 17.3 Å². The molecular weight excluding hydrogens is 321 g/mol. The number of likely N-dealkylation sites (tertiary alicyclic amines) is 1. The molecule has 0 aromatic carbocycles. The molecule has 3 heterocycles. The van der Waals surface area contributed by atoms with Gasteiger partial charge in [-0.3, -0.25) is 9.78 Å². The Morgan fingerprint density at radius 3 is 2.54 bits per heavy atom. The molecule has 2 saturated heterocycles. The van der Waals surface area contributed by atoms with Crippen LogP contribution in [-0.4, -0.2) is 42.1 Å². The van der Waals surface area contributed by atoms with Gasteiger partial charge in [-0.15, -0.1) is 0 Å². The van der Waals surface area contributed by atoms with Crippen LogP contribution in [0, 0.1) is 5.41 Å². The molecule has 0 aliphatic carbocycles. The Labute approximate surface area is 139 Å². The second-order valence-electron chi connectivity index (χ2n) is 6.63. The summed E-state index contributed by atoms with van der Waals surface area (Å²) < 4.78 is 44.6. The Kier molecular flexibility index (Phi) is 4.55. The minimum Gasteiger partial charge on any atom is -0.379 e. The summed E-state index contributed by atoms with van der Waals surface area (Å²) in [6.07, 6.45) is -1.49. The molecule has 132 valence electrons. The summed E-state index contributed by atoms with van der Waals surface area (Å²) in [5, 5.41) is 0. The van der Waals surface area contributed by atoms with E-state index >= 15 is 0 Å². The zero-order valence-corrected chi connectivity index (χ0v) is 13.6. The lowest BCUT2D eigenvalue weighted by Crippen LogP contribution is -2.56. The maximum absolute atomic E-state index is 13.1. The molecule has 7 heteroatoms. The number of halogens is 3. The first-order chi connectivity index (χ1) is 11.4. The van der Waals surface area contributed by atoms with Crippen LogP contribution in [0.1, 0.15) is 43.4 Å². The van der Waals surface area contributed by atoms with Crippen LogP contribution in [0.15, 0.2) is 18.3 Å². The van der Waals surface area contributed by atoms with E-state index in [1.807, 2.05) is 6.92 Å². The van der Waals surface area contributed by atoms with Gasteiger partial charge in [0.2, 0.25) is 5.91 Å². The average Bonchev–Trinajstić information content (AvgIpc) is 2.54. The van der Waals surface area contributed by atoms with Crippen molar-refractivity contribution in [2.75, 3.05) is 26.3 Å². The Morgan fingerprint density at radius 1 is 1.38 bits per heavy atom. The second-order valence-corrected chi connectivity index (χ2v) is 6.63. The van der Waals surface area contributed by atoms with Crippen LogP contribution in [0.4, 0.5) is 13.2 Å². The molecule has 0 atom stereocenters. The van der Waals surface area contributed by atoms with Crippen LogP contribution in [0.5, 0.6) is 0 Å². The summed E-state index contributed by atoms with van der Waals surface area (Å²) >= 11 is 0. The Balaban J connectivity index is 1.69. The molecule has 0 radical (unpaired) electrons. The normalized spacial score (nSPS) is 21.4. The van der Waals surface area contributed by atoms with Gasteiger partial charge < -0.3 is 9.64 Å². The highest BCUT2D eigenvalue weighted by Gasteiger charge is 2.47. The molecule has 0 N–H and O–H groups in total. The Morgan fingerprint density at radius 2 is 2.04 bits per heavy atom. The van der Waals surface area contributed by atoms with E-state index in [1.165, 1.54) is 12.3 Å². The maximum Gasteiger partial charge on any atom is 0.433 e. The van der Waals surface area contributed by atoms with E-state index in [0.717, 1.165) is 6.42 Å². The minimum absolute atomic E-state index is 0.0805. The molecule has 0 unspecified atom stereocenters. The summed E-state index contributed by atoms with van der Waals surface area (Å²) in [5.74, 6) is -0.133. The number of nitrogens with zero attached hydrogens (tertiary/aromatic N) is 2. The smallest absolute Gasteiger partial charge is 0.379 e. The van der Waals surface area contributed by atoms with E-state index in [9.17, 15) is 18.0 Å². The van der Waals surface area contributed by atoms with E-state index in [0.29, 0.717) is 39.1 Å². The number of carbonyl (C=O) groups is 1. The van der Waals surface area contributed by atoms with Crippen molar-refractivity contribution in [3.05, 3.63) is 29.6 Å². The van der Waals surface area contributed by atoms with E-state index in [4.69, 9.17) is 4.74 Å². The van der Waals surface area contributed by atoms with Crippen LogP contribution in [0.2, 0.25) is 0 Å². The predicted molar refractivity (Wildman–Crippen MR) is 81.3 cm³/mol. The van der Waals surface area contributed by atoms with Gasteiger partial charge in [0.05, 0.1) is 18.6 Å². The number of carbonyl (C=O) groups excluding carboxylic acids is 1. The van der Waals surface area contributed by atoms with Gasteiger partial charge in [-0.05, 0) is 36.8 Å². The van der Waals surface area contributed by atoms with Gasteiger partial charge in [-0.1, -0.05) is 13.0 Å². The van der Waals surface area contributed by atoms with Crippen LogP contribution in [0.25, 0.3) is 0 Å². The molecule has 0 spiro atoms. The van der Waals surface area contributed by atoms with Crippen molar-refractivity contribution in [1.29, 1.82) is 0 Å². The number of hydrogen-bond donors (Lipinski definition) is 0. The third kappa shape index (κ3) is 3.01. The fourth-order valence-corrected chi connectivity index (χ4v) is 3.54. The number of pyridine rings is 1. The summed E-state index contributed by atoms with van der Waals surface area (Å²) in [5.41, 5.74) is -0.973. The molecule has 0 bridgehead atoms. The van der Waals surface area contributed by atoms with Gasteiger partial charge in [-0.25, -0.2) is 0 Å². The highest BCUT2D eigenvalue weighted by atomic mass is 19.4. The highest BCUT2D eigenvalue weighted by Crippen LogP contribution is 2.39. The number of hydrogen-bond acceptors (Lipinski definition) is 3. The van der Waals surface area contributed by atoms with E-state index in [2.05, 4.69) is 4.98 Å². The van der Waals surface area contributed by atoms with Gasteiger partial charge >= 0.3 is 6.18 Å². The monoisotopic (exact) mass is 342 g/mol. The van der Waals surface area contributed by atoms with Gasteiger partial charge in [-0.2, -0.15) is 13.2 Å². The van der Waals surface area contributed by atoms with Crippen molar-refractivity contribution in [3.63, 3.8) is 0 Å². The second kappa shape index (κ2) is 6.35. The molecule has 0 saturated carbocycles. The molecule has 3 rings (SSSR count). The zero-order chi connectivity index (χ0) is 17.4. The first-order valence-electron chi connectivity index (χ1n) is 8.26. The average molecular weight is 342 g/mol. The largest absolute Gasteiger partial charge is 0.433 e. The number of amides is 1. The quantitative estimate of drug-likeness (QED) is 0.847. The number of alkyl halides is 3. The lowest BCUT2D eigenvalue weighted by molar-refractivity contribution is -0.174. The fraction of sp³-hybridized carbons (Fsp3) is 0.647. The maximum atomic E-state index is 13.1. The van der Waals surface area contributed by atoms with E-state index in [-0.39, 0.29) is 17.4 Å². The third-order valence-corrected chi connectivity index (χ3v) is 5.22. The molecule has 1 aromatic heterocycles. The van der Waals surface area contributed by atoms with Crippen LogP contribution >= 0.6 is 0 Å². The lowest BCUT2D eigenvalue weighted by Gasteiger charge is -2.44. The summed E-state index contributed by atoms with van der Waals surface area (Å²) in [6, 6.07) is 3.05. The van der Waals surface area contributed by atoms with Crippen molar-refractivity contribution < 1.29 is 22.7 Å². The van der Waals surface area contributed by atoms with Crippen molar-refractivity contribution >= 4 is 5.91 Å². The van der Waals surface area contributed by atoms with Crippen molar-refractivity contribution in [2.24, 2.45) is 5.41 Å². The number of aromatic nitrogens is 1. The predicted octanol–water partition coefficient (Wildman–Crippen LogP) is 3.23. The number of ether oxygens (including phenoxy) is 1. The molecule has 1 amide bonds. The minimum atomic E-state index is -4.45. The third-order valence-electron chi connectivity index (χ3n) is 5.22. The molecule has 2 fully saturated rings. The van der Waals surface area contributed by atoms with Crippen LogP contribution in [0.3, 0.4) is 0 Å². The standard InChI is InChI=1S/C17H21F3N2O2/c1-2-16(10-24-11-16)15(23)22-8-5-12(6-9-22)13-4-3-7-21-14(13)17(18,19)20/h3-4,7,12H,2,5-6,8-11H2,1H3. The first kappa shape index (κ1) is 17.2. The number of rotatable bonds is 3. The lowest BCUT2D eigenvalue weighted by atomic mass is 9.80. The van der Waals surface area contributed by atoms with Gasteiger partial charge in [0, 0.05) is 19.3 Å². The Bertz CT molecular complexity index is 601. The molecule has 2 aliphatic heterocycles. The molecule has 4 nitrogen and oxygen atoms in total. The van der Waals surface area contributed by atoms with Crippen LogP contribution < -0.4 is 0 Å². The Hall–Kier alpha value is -1.63. The van der Waals surface area contributed by atoms with Crippen molar-refractivity contribution in [1.82, 2.24) is 9.88 Å². The van der Waals surface area contributed by atoms with Gasteiger partial charge in [0.1, 0.15) is 5.69 Å². The topological polar surface area (TPSA) is 42.4 Å². The first-order valence-corrected chi connectivity index (χ1v) is 8.26.